The van der Waals surface area contributed by atoms with E-state index < -0.39 is 4.92 Å². The first kappa shape index (κ1) is 18.1. The molecule has 0 radical (unpaired) electrons. The predicted octanol–water partition coefficient (Wildman–Crippen LogP) is 5.99. The van der Waals surface area contributed by atoms with Gasteiger partial charge in [0.1, 0.15) is 12.4 Å². The number of ether oxygens (including phenoxy) is 1. The second kappa shape index (κ2) is 8.63. The molecule has 3 rings (SSSR count). The van der Waals surface area contributed by atoms with E-state index in [1.807, 2.05) is 66.8 Å². The van der Waals surface area contributed by atoms with Gasteiger partial charge in [0, 0.05) is 12.1 Å². The van der Waals surface area contributed by atoms with E-state index in [-0.39, 0.29) is 5.69 Å². The summed E-state index contributed by atoms with van der Waals surface area (Å²) in [4.78, 5) is 10.3. The van der Waals surface area contributed by atoms with Crippen LogP contribution in [-0.4, -0.2) is 4.92 Å². The molecule has 134 valence electrons. The predicted molar refractivity (Wildman–Crippen MR) is 109 cm³/mol. The van der Waals surface area contributed by atoms with Crippen LogP contribution in [0.5, 0.6) is 5.75 Å². The summed E-state index contributed by atoms with van der Waals surface area (Å²) in [6.45, 7) is 4.25. The Morgan fingerprint density at radius 3 is 1.85 bits per heavy atom. The lowest BCUT2D eigenvalue weighted by molar-refractivity contribution is -0.384. The molecule has 0 aliphatic carbocycles. The Balaban J connectivity index is 1.57. The van der Waals surface area contributed by atoms with Crippen molar-refractivity contribution in [3.05, 3.63) is 112 Å². The van der Waals surface area contributed by atoms with Gasteiger partial charge < -0.3 is 4.74 Å². The van der Waals surface area contributed by atoms with Crippen LogP contribution < -0.4 is 4.74 Å². The van der Waals surface area contributed by atoms with Crippen LogP contribution in [0.2, 0.25) is 0 Å². The van der Waals surface area contributed by atoms with Gasteiger partial charge in [-0.05, 0) is 46.5 Å². The van der Waals surface area contributed by atoms with Crippen molar-refractivity contribution >= 4 is 23.9 Å². The number of nitrogens with zero attached hydrogens (tertiary/aromatic N) is 1. The number of non-ortho nitro benzene ring substituents is 1. The summed E-state index contributed by atoms with van der Waals surface area (Å²) in [6.07, 6.45) is 5.69. The van der Waals surface area contributed by atoms with Crippen LogP contribution in [0.15, 0.2) is 79.4 Å². The van der Waals surface area contributed by atoms with Crippen LogP contribution in [0.3, 0.4) is 0 Å². The zero-order valence-electron chi connectivity index (χ0n) is 14.7. The molecule has 27 heavy (non-hydrogen) atoms. The van der Waals surface area contributed by atoms with Crippen molar-refractivity contribution in [1.29, 1.82) is 0 Å². The van der Waals surface area contributed by atoms with Crippen molar-refractivity contribution in [2.45, 2.75) is 6.61 Å². The first-order valence-electron chi connectivity index (χ1n) is 8.51. The Kier molecular flexibility index (Phi) is 5.80. The molecule has 0 bridgehead atoms. The van der Waals surface area contributed by atoms with Gasteiger partial charge in [0.05, 0.1) is 4.92 Å². The first-order chi connectivity index (χ1) is 13.1. The fourth-order valence-electron chi connectivity index (χ4n) is 2.49. The highest BCUT2D eigenvalue weighted by molar-refractivity contribution is 5.70. The molecule has 3 aromatic carbocycles. The van der Waals surface area contributed by atoms with Crippen LogP contribution >= 0.6 is 0 Å². The molecule has 0 aromatic heterocycles. The lowest BCUT2D eigenvalue weighted by Crippen LogP contribution is -1.95. The summed E-state index contributed by atoms with van der Waals surface area (Å²) >= 11 is 0. The maximum atomic E-state index is 10.7. The van der Waals surface area contributed by atoms with Gasteiger partial charge in [-0.25, -0.2) is 0 Å². The SMILES string of the molecule is C=Cc1ccc(COc2ccc(/C=C/c3ccc([N+](=O)[O-])cc3)cc2)cc1. The quantitative estimate of drug-likeness (QED) is 0.296. The van der Waals surface area contributed by atoms with Crippen LogP contribution in [0.25, 0.3) is 18.2 Å². The Morgan fingerprint density at radius 1 is 0.815 bits per heavy atom. The van der Waals surface area contributed by atoms with Gasteiger partial charge in [-0.1, -0.05) is 61.2 Å². The molecule has 0 unspecified atom stereocenters. The molecule has 4 nitrogen and oxygen atoms in total. The van der Waals surface area contributed by atoms with E-state index in [0.717, 1.165) is 28.0 Å². The number of rotatable bonds is 7. The summed E-state index contributed by atoms with van der Waals surface area (Å²) in [6, 6.07) is 22.3. The van der Waals surface area contributed by atoms with Crippen molar-refractivity contribution in [2.24, 2.45) is 0 Å². The third-order valence-corrected chi connectivity index (χ3v) is 4.07. The maximum absolute atomic E-state index is 10.7. The number of benzene rings is 3. The fourth-order valence-corrected chi connectivity index (χ4v) is 2.49. The van der Waals surface area contributed by atoms with Crippen molar-refractivity contribution in [3.8, 4) is 5.75 Å². The van der Waals surface area contributed by atoms with E-state index in [1.165, 1.54) is 12.1 Å². The summed E-state index contributed by atoms with van der Waals surface area (Å²) in [5.41, 5.74) is 4.21. The van der Waals surface area contributed by atoms with Crippen LogP contribution in [-0.2, 0) is 6.61 Å². The molecule has 0 spiro atoms. The summed E-state index contributed by atoms with van der Waals surface area (Å²) in [5, 5.41) is 10.7. The van der Waals surface area contributed by atoms with Crippen molar-refractivity contribution in [3.63, 3.8) is 0 Å². The smallest absolute Gasteiger partial charge is 0.269 e. The Morgan fingerprint density at radius 2 is 1.33 bits per heavy atom. The Bertz CT molecular complexity index is 940. The molecule has 0 atom stereocenters. The third kappa shape index (κ3) is 5.16. The highest BCUT2D eigenvalue weighted by Gasteiger charge is 2.02. The minimum Gasteiger partial charge on any atom is -0.489 e. The van der Waals surface area contributed by atoms with Gasteiger partial charge in [0.15, 0.2) is 0 Å². The van der Waals surface area contributed by atoms with E-state index in [0.29, 0.717) is 6.61 Å². The minimum atomic E-state index is -0.403. The topological polar surface area (TPSA) is 52.4 Å². The molecule has 0 aliphatic rings. The van der Waals surface area contributed by atoms with Gasteiger partial charge in [-0.3, -0.25) is 10.1 Å². The number of nitro groups is 1. The van der Waals surface area contributed by atoms with Crippen molar-refractivity contribution in [1.82, 2.24) is 0 Å². The van der Waals surface area contributed by atoms with E-state index in [1.54, 1.807) is 12.1 Å². The molecule has 0 amide bonds. The molecular weight excluding hydrogens is 338 g/mol. The molecule has 0 saturated heterocycles. The molecule has 0 aliphatic heterocycles. The summed E-state index contributed by atoms with van der Waals surface area (Å²) < 4.78 is 5.81. The van der Waals surface area contributed by atoms with E-state index in [2.05, 4.69) is 6.58 Å². The Labute approximate surface area is 158 Å². The lowest BCUT2D eigenvalue weighted by atomic mass is 10.1. The first-order valence-corrected chi connectivity index (χ1v) is 8.51. The minimum absolute atomic E-state index is 0.0905. The maximum Gasteiger partial charge on any atom is 0.269 e. The molecule has 0 saturated carbocycles. The second-order valence-electron chi connectivity index (χ2n) is 5.99. The average Bonchev–Trinajstić information content (AvgIpc) is 2.72. The van der Waals surface area contributed by atoms with E-state index in [9.17, 15) is 10.1 Å². The zero-order chi connectivity index (χ0) is 19.1. The number of hydrogen-bond acceptors (Lipinski definition) is 3. The Hall–Kier alpha value is -3.66. The molecule has 4 heteroatoms. The van der Waals surface area contributed by atoms with Gasteiger partial charge >= 0.3 is 0 Å². The standard InChI is InChI=1S/C23H19NO3/c1-2-18-3-7-21(8-4-18)17-27-23-15-11-20(12-16-23)6-5-19-9-13-22(14-10-19)24(25)26/h2-16H,1,17H2/b6-5+. The summed E-state index contributed by atoms with van der Waals surface area (Å²) in [7, 11) is 0. The zero-order valence-corrected chi connectivity index (χ0v) is 14.7. The van der Waals surface area contributed by atoms with Gasteiger partial charge in [-0.15, -0.1) is 0 Å². The monoisotopic (exact) mass is 357 g/mol. The number of nitro benzene ring substituents is 1. The van der Waals surface area contributed by atoms with Crippen LogP contribution in [0.1, 0.15) is 22.3 Å². The van der Waals surface area contributed by atoms with Gasteiger partial charge in [0.25, 0.3) is 5.69 Å². The summed E-state index contributed by atoms with van der Waals surface area (Å²) in [5.74, 6) is 0.801. The molecular formula is C23H19NO3. The van der Waals surface area contributed by atoms with E-state index in [4.69, 9.17) is 4.74 Å². The van der Waals surface area contributed by atoms with Crippen LogP contribution in [0.4, 0.5) is 5.69 Å². The lowest BCUT2D eigenvalue weighted by Gasteiger charge is -2.07. The normalized spacial score (nSPS) is 10.7. The number of hydrogen-bond donors (Lipinski definition) is 0. The van der Waals surface area contributed by atoms with Crippen molar-refractivity contribution in [2.75, 3.05) is 0 Å². The molecule has 0 heterocycles. The third-order valence-electron chi connectivity index (χ3n) is 4.07. The fraction of sp³-hybridized carbons (Fsp3) is 0.0435. The highest BCUT2D eigenvalue weighted by Crippen LogP contribution is 2.18. The highest BCUT2D eigenvalue weighted by atomic mass is 16.6. The second-order valence-corrected chi connectivity index (χ2v) is 5.99. The van der Waals surface area contributed by atoms with Gasteiger partial charge in [0.2, 0.25) is 0 Å². The molecule has 0 N–H and O–H groups in total. The van der Waals surface area contributed by atoms with E-state index >= 15 is 0 Å². The largest absolute Gasteiger partial charge is 0.489 e. The van der Waals surface area contributed by atoms with Crippen LogP contribution in [0, 0.1) is 10.1 Å². The molecule has 3 aromatic rings. The molecule has 0 fully saturated rings. The average molecular weight is 357 g/mol. The van der Waals surface area contributed by atoms with Crippen molar-refractivity contribution < 1.29 is 9.66 Å². The van der Waals surface area contributed by atoms with Gasteiger partial charge in [-0.2, -0.15) is 0 Å².